The molecule has 2 aromatic rings. The summed E-state index contributed by atoms with van der Waals surface area (Å²) in [7, 11) is -2.09. The molecule has 0 aliphatic carbocycles. The van der Waals surface area contributed by atoms with Crippen molar-refractivity contribution < 1.29 is 9.16 Å². The standard InChI is InChI=1S/C38H48N4O2SSi/c1-10-12-22-42(23-13-11-2)30-16-14-28(35(24-30)44-46(8,9)37(3,4)5)15-17-31-18-19-32(45-31)20-21-34-33(27-41)36(29(25-39)26-40)43-38(34,6)7/h14-21,24H,10-13,22-23H2,1-9H3/b17-15+,21-20+. The topological polar surface area (TPSA) is 93.1 Å². The van der Waals surface area contributed by atoms with E-state index in [4.69, 9.17) is 9.16 Å². The van der Waals surface area contributed by atoms with Crippen molar-refractivity contribution in [3.05, 3.63) is 74.2 Å². The number of rotatable bonds is 13. The van der Waals surface area contributed by atoms with Crippen LogP contribution in [0, 0.1) is 34.0 Å². The number of nitriles is 3. The minimum Gasteiger partial charge on any atom is -0.543 e. The molecule has 0 fully saturated rings. The molecule has 1 aliphatic heterocycles. The predicted octanol–water partition coefficient (Wildman–Crippen LogP) is 10.7. The Kier molecular flexibility index (Phi) is 12.3. The fourth-order valence-corrected chi connectivity index (χ4v) is 6.66. The lowest BCUT2D eigenvalue weighted by molar-refractivity contribution is 0.0954. The lowest BCUT2D eigenvalue weighted by Gasteiger charge is -2.37. The van der Waals surface area contributed by atoms with Crippen LogP contribution >= 0.6 is 11.3 Å². The molecule has 242 valence electrons. The lowest BCUT2D eigenvalue weighted by atomic mass is 9.94. The summed E-state index contributed by atoms with van der Waals surface area (Å²) < 4.78 is 12.8. The van der Waals surface area contributed by atoms with Gasteiger partial charge in [0.25, 0.3) is 8.32 Å². The van der Waals surface area contributed by atoms with Gasteiger partial charge in [-0.1, -0.05) is 53.5 Å². The first kappa shape index (κ1) is 36.4. The van der Waals surface area contributed by atoms with Crippen molar-refractivity contribution in [1.82, 2.24) is 0 Å². The number of thiophene rings is 1. The fraction of sp³-hybridized carbons (Fsp3) is 0.447. The van der Waals surface area contributed by atoms with E-state index in [-0.39, 0.29) is 21.9 Å². The number of anilines is 1. The Hall–Kier alpha value is -4.03. The SMILES string of the molecule is CCCCN(CCCC)c1ccc(/C=C/c2ccc(/C=C/C3=C(C#N)C(=C(C#N)C#N)OC3(C)C)s2)c(O[Si](C)(C)C(C)(C)C)c1. The summed E-state index contributed by atoms with van der Waals surface area (Å²) in [5, 5.41) is 28.6. The average Bonchev–Trinajstić information content (AvgIpc) is 3.55. The first-order valence-electron chi connectivity index (χ1n) is 16.1. The second-order valence-electron chi connectivity index (χ2n) is 13.6. The van der Waals surface area contributed by atoms with E-state index in [1.807, 2.05) is 44.2 Å². The molecule has 3 rings (SSSR count). The van der Waals surface area contributed by atoms with Crippen LogP contribution in [0.4, 0.5) is 5.69 Å². The van der Waals surface area contributed by atoms with Gasteiger partial charge >= 0.3 is 0 Å². The number of allylic oxidation sites excluding steroid dienone is 2. The molecule has 0 amide bonds. The molecule has 46 heavy (non-hydrogen) atoms. The van der Waals surface area contributed by atoms with Gasteiger partial charge in [0.2, 0.25) is 0 Å². The average molecular weight is 653 g/mol. The van der Waals surface area contributed by atoms with Crippen LogP contribution in [0.2, 0.25) is 18.1 Å². The van der Waals surface area contributed by atoms with Gasteiger partial charge in [-0.2, -0.15) is 15.8 Å². The molecular formula is C38H48N4O2SSi. The summed E-state index contributed by atoms with van der Waals surface area (Å²) in [5.41, 5.74) is 2.09. The zero-order valence-electron chi connectivity index (χ0n) is 29.0. The number of unbranched alkanes of at least 4 members (excludes halogenated alkanes) is 2. The van der Waals surface area contributed by atoms with Crippen LogP contribution < -0.4 is 9.33 Å². The Morgan fingerprint density at radius 2 is 1.52 bits per heavy atom. The summed E-state index contributed by atoms with van der Waals surface area (Å²) in [4.78, 5) is 4.60. The number of benzene rings is 1. The third kappa shape index (κ3) is 8.82. The largest absolute Gasteiger partial charge is 0.543 e. The van der Waals surface area contributed by atoms with E-state index >= 15 is 0 Å². The molecular weight excluding hydrogens is 605 g/mol. The summed E-state index contributed by atoms with van der Waals surface area (Å²) >= 11 is 1.63. The molecule has 8 heteroatoms. The Bertz CT molecular complexity index is 1620. The van der Waals surface area contributed by atoms with Gasteiger partial charge in [0.1, 0.15) is 35.1 Å². The molecule has 0 radical (unpaired) electrons. The van der Waals surface area contributed by atoms with Crippen molar-refractivity contribution >= 4 is 43.6 Å². The van der Waals surface area contributed by atoms with Crippen LogP contribution in [0.5, 0.6) is 5.75 Å². The van der Waals surface area contributed by atoms with Crippen molar-refractivity contribution in [2.45, 2.75) is 97.9 Å². The highest BCUT2D eigenvalue weighted by atomic mass is 32.1. The quantitative estimate of drug-likeness (QED) is 0.158. The zero-order valence-corrected chi connectivity index (χ0v) is 30.8. The maximum absolute atomic E-state index is 9.83. The van der Waals surface area contributed by atoms with Gasteiger partial charge in [0, 0.05) is 45.7 Å². The molecule has 1 aromatic heterocycles. The first-order valence-corrected chi connectivity index (χ1v) is 19.9. The Morgan fingerprint density at radius 1 is 0.935 bits per heavy atom. The normalized spacial score (nSPS) is 14.7. The molecule has 0 unspecified atom stereocenters. The third-order valence-corrected chi connectivity index (χ3v) is 14.0. The number of ether oxygens (including phenoxy) is 1. The Morgan fingerprint density at radius 3 is 2.04 bits per heavy atom. The van der Waals surface area contributed by atoms with Crippen molar-refractivity contribution in [1.29, 1.82) is 15.8 Å². The summed E-state index contributed by atoms with van der Waals surface area (Å²) in [5.74, 6) is 0.986. The molecule has 1 aliphatic rings. The zero-order chi connectivity index (χ0) is 34.1. The Labute approximate surface area is 281 Å². The minimum absolute atomic E-state index is 0.0486. The molecule has 1 aromatic carbocycles. The van der Waals surface area contributed by atoms with Crippen molar-refractivity contribution in [3.8, 4) is 24.0 Å². The molecule has 6 nitrogen and oxygen atoms in total. The smallest absolute Gasteiger partial charge is 0.250 e. The van der Waals surface area contributed by atoms with E-state index in [9.17, 15) is 15.8 Å². The summed E-state index contributed by atoms with van der Waals surface area (Å²) in [6, 6.07) is 16.6. The van der Waals surface area contributed by atoms with Crippen LogP contribution in [-0.2, 0) is 4.74 Å². The first-order chi connectivity index (χ1) is 21.7. The van der Waals surface area contributed by atoms with Gasteiger partial charge in [-0.05, 0) is 87.3 Å². The van der Waals surface area contributed by atoms with Gasteiger partial charge in [0.05, 0.1) is 0 Å². The monoisotopic (exact) mass is 652 g/mol. The van der Waals surface area contributed by atoms with E-state index in [0.29, 0.717) is 5.57 Å². The van der Waals surface area contributed by atoms with Crippen LogP contribution in [0.1, 0.15) is 89.5 Å². The molecule has 0 bridgehead atoms. The van der Waals surface area contributed by atoms with Gasteiger partial charge in [-0.15, -0.1) is 11.3 Å². The van der Waals surface area contributed by atoms with E-state index in [1.165, 1.54) is 18.5 Å². The van der Waals surface area contributed by atoms with Gasteiger partial charge in [0.15, 0.2) is 11.3 Å². The van der Waals surface area contributed by atoms with Gasteiger partial charge in [-0.3, -0.25) is 0 Å². The number of hydrogen-bond donors (Lipinski definition) is 0. The highest BCUT2D eigenvalue weighted by Gasteiger charge is 2.40. The summed E-state index contributed by atoms with van der Waals surface area (Å²) in [6.07, 6.45) is 12.7. The van der Waals surface area contributed by atoms with Crippen LogP contribution in [0.15, 0.2) is 58.9 Å². The number of nitrogens with zero attached hydrogens (tertiary/aromatic N) is 4. The van der Waals surface area contributed by atoms with Gasteiger partial charge in [-0.25, -0.2) is 0 Å². The third-order valence-electron chi connectivity index (χ3n) is 8.65. The fourth-order valence-electron chi connectivity index (χ4n) is 4.81. The van der Waals surface area contributed by atoms with E-state index in [1.54, 1.807) is 11.3 Å². The maximum atomic E-state index is 9.83. The number of hydrogen-bond acceptors (Lipinski definition) is 7. The van der Waals surface area contributed by atoms with E-state index in [0.717, 1.165) is 47.0 Å². The van der Waals surface area contributed by atoms with Crippen LogP contribution in [0.3, 0.4) is 0 Å². The van der Waals surface area contributed by atoms with Crippen molar-refractivity contribution in [3.63, 3.8) is 0 Å². The van der Waals surface area contributed by atoms with E-state index < -0.39 is 13.9 Å². The van der Waals surface area contributed by atoms with Crippen molar-refractivity contribution in [2.24, 2.45) is 0 Å². The second-order valence-corrected chi connectivity index (χ2v) is 19.5. The second kappa shape index (κ2) is 15.5. The molecule has 0 N–H and O–H groups in total. The minimum atomic E-state index is -2.09. The van der Waals surface area contributed by atoms with Gasteiger partial charge < -0.3 is 14.1 Å². The lowest BCUT2D eigenvalue weighted by Crippen LogP contribution is -2.44. The van der Waals surface area contributed by atoms with Crippen LogP contribution in [-0.4, -0.2) is 27.0 Å². The van der Waals surface area contributed by atoms with Crippen molar-refractivity contribution in [2.75, 3.05) is 18.0 Å². The highest BCUT2D eigenvalue weighted by molar-refractivity contribution is 7.13. The molecule has 0 saturated carbocycles. The summed E-state index contributed by atoms with van der Waals surface area (Å²) in [6.45, 7) is 21.6. The predicted molar refractivity (Wildman–Crippen MR) is 195 cm³/mol. The molecule has 0 saturated heterocycles. The molecule has 0 atom stereocenters. The molecule has 2 heterocycles. The Balaban J connectivity index is 1.95. The van der Waals surface area contributed by atoms with E-state index in [2.05, 4.69) is 95.1 Å². The van der Waals surface area contributed by atoms with Crippen LogP contribution in [0.25, 0.3) is 18.2 Å². The molecule has 0 spiro atoms. The maximum Gasteiger partial charge on any atom is 0.250 e. The highest BCUT2D eigenvalue weighted by Crippen LogP contribution is 2.41.